The standard InChI is InChI=1S/C36H44F6N8O5/c37-35(38,39)26-19-22(20-27(30(26)43)36(40,41)42)21-29(31(51)47-10-6-24(7-11-47)46-15-17-49(18-16-46)34(54)55)45-32(52)48-12-8-25(9-13-48)50-14-5-23-3-1-2-4-28(23)44-33(50)53/h1-4,19-20,24-25,29H,5-18,21,43H2,(H,44,53)(H,45,52)(H,54,55). The molecule has 3 saturated heterocycles. The first-order valence-corrected chi connectivity index (χ1v) is 18.3. The summed E-state index contributed by atoms with van der Waals surface area (Å²) in [6.45, 7) is 2.96. The van der Waals surface area contributed by atoms with Crippen molar-refractivity contribution < 1.29 is 50.6 Å². The van der Waals surface area contributed by atoms with E-state index in [1.807, 2.05) is 24.3 Å². The monoisotopic (exact) mass is 782 g/mol. The molecule has 6 amide bonds. The van der Waals surface area contributed by atoms with Gasteiger partial charge in [0, 0.05) is 83.1 Å². The van der Waals surface area contributed by atoms with E-state index < -0.39 is 65.2 Å². The summed E-state index contributed by atoms with van der Waals surface area (Å²) in [5.74, 6) is -0.655. The number of halogens is 6. The fraction of sp³-hybridized carbons (Fsp3) is 0.556. The number of hydrogen-bond donors (Lipinski definition) is 4. The van der Waals surface area contributed by atoms with Crippen LogP contribution in [0.2, 0.25) is 0 Å². The first-order valence-electron chi connectivity index (χ1n) is 18.3. The molecule has 5 N–H and O–H groups in total. The van der Waals surface area contributed by atoms with Gasteiger partial charge in [0.2, 0.25) is 5.91 Å². The highest BCUT2D eigenvalue weighted by atomic mass is 19.4. The quantitative estimate of drug-likeness (QED) is 0.243. The predicted molar refractivity (Wildman–Crippen MR) is 188 cm³/mol. The molecular formula is C36H44F6N8O5. The summed E-state index contributed by atoms with van der Waals surface area (Å²) in [6, 6.07) is 5.81. The Morgan fingerprint density at radius 3 is 1.95 bits per heavy atom. The molecule has 6 rings (SSSR count). The summed E-state index contributed by atoms with van der Waals surface area (Å²) >= 11 is 0. The molecule has 0 bridgehead atoms. The fourth-order valence-corrected chi connectivity index (χ4v) is 8.04. The summed E-state index contributed by atoms with van der Waals surface area (Å²) in [5.41, 5.74) is 1.74. The average molecular weight is 783 g/mol. The Morgan fingerprint density at radius 1 is 0.800 bits per heavy atom. The lowest BCUT2D eigenvalue weighted by molar-refractivity contribution is -0.141. The van der Waals surface area contributed by atoms with Crippen LogP contribution in [0.25, 0.3) is 0 Å². The van der Waals surface area contributed by atoms with Gasteiger partial charge in [-0.1, -0.05) is 18.2 Å². The number of piperazine rings is 1. The molecule has 1 atom stereocenters. The lowest BCUT2D eigenvalue weighted by Crippen LogP contribution is -2.58. The van der Waals surface area contributed by atoms with Crippen LogP contribution in [-0.4, -0.2) is 131 Å². The van der Waals surface area contributed by atoms with Crippen molar-refractivity contribution in [2.45, 2.75) is 69.0 Å². The molecule has 0 spiro atoms. The highest BCUT2D eigenvalue weighted by Gasteiger charge is 2.42. The third-order valence-electron chi connectivity index (χ3n) is 11.1. The molecule has 0 radical (unpaired) electrons. The van der Waals surface area contributed by atoms with Gasteiger partial charge in [0.15, 0.2) is 0 Å². The average Bonchev–Trinajstić information content (AvgIpc) is 3.32. The van der Waals surface area contributed by atoms with Crippen LogP contribution in [0.4, 0.5) is 52.1 Å². The number of amides is 6. The van der Waals surface area contributed by atoms with Gasteiger partial charge in [-0.3, -0.25) is 9.69 Å². The van der Waals surface area contributed by atoms with Crippen LogP contribution in [0, 0.1) is 0 Å². The molecule has 55 heavy (non-hydrogen) atoms. The van der Waals surface area contributed by atoms with Gasteiger partial charge in [-0.2, -0.15) is 26.3 Å². The Labute approximate surface area is 313 Å². The van der Waals surface area contributed by atoms with Crippen molar-refractivity contribution in [2.24, 2.45) is 0 Å². The highest BCUT2D eigenvalue weighted by Crippen LogP contribution is 2.42. The van der Waals surface area contributed by atoms with E-state index >= 15 is 0 Å². The zero-order valence-corrected chi connectivity index (χ0v) is 30.0. The molecule has 2 aromatic rings. The summed E-state index contributed by atoms with van der Waals surface area (Å²) in [5, 5.41) is 14.8. The van der Waals surface area contributed by atoms with E-state index in [-0.39, 0.29) is 44.3 Å². The lowest BCUT2D eigenvalue weighted by atomic mass is 9.96. The Bertz CT molecular complexity index is 1720. The van der Waals surface area contributed by atoms with Crippen molar-refractivity contribution in [3.63, 3.8) is 0 Å². The summed E-state index contributed by atoms with van der Waals surface area (Å²) < 4.78 is 83.4. The maximum absolute atomic E-state index is 14.1. The molecule has 19 heteroatoms. The molecule has 2 aromatic carbocycles. The van der Waals surface area contributed by atoms with E-state index in [0.717, 1.165) is 11.3 Å². The van der Waals surface area contributed by atoms with Crippen LogP contribution in [0.3, 0.4) is 0 Å². The minimum absolute atomic E-state index is 0.0376. The van der Waals surface area contributed by atoms with Crippen molar-refractivity contribution in [2.75, 3.05) is 70.0 Å². The SMILES string of the molecule is Nc1c(C(F)(F)F)cc(CC(NC(=O)N2CCC(N3CCc4ccccc4NC3=O)CC2)C(=O)N2CCC(N3CCN(C(=O)O)CC3)CC2)cc1C(F)(F)F. The van der Waals surface area contributed by atoms with E-state index in [0.29, 0.717) is 77.0 Å². The minimum atomic E-state index is -5.22. The number of hydrogen-bond acceptors (Lipinski definition) is 6. The Kier molecular flexibility index (Phi) is 11.6. The maximum atomic E-state index is 14.1. The number of nitrogens with two attached hydrogens (primary N) is 1. The second-order valence-corrected chi connectivity index (χ2v) is 14.4. The van der Waals surface area contributed by atoms with Crippen molar-refractivity contribution in [1.82, 2.24) is 29.8 Å². The third-order valence-corrected chi connectivity index (χ3v) is 11.1. The van der Waals surface area contributed by atoms with Crippen molar-refractivity contribution in [3.8, 4) is 0 Å². The number of para-hydroxylation sites is 1. The summed E-state index contributed by atoms with van der Waals surface area (Å²) in [7, 11) is 0. The first kappa shape index (κ1) is 39.7. The number of benzene rings is 2. The summed E-state index contributed by atoms with van der Waals surface area (Å²) in [4.78, 5) is 60.2. The molecule has 4 aliphatic rings. The second-order valence-electron chi connectivity index (χ2n) is 14.4. The van der Waals surface area contributed by atoms with Gasteiger partial charge in [0.1, 0.15) is 6.04 Å². The zero-order chi connectivity index (χ0) is 39.7. The molecule has 13 nitrogen and oxygen atoms in total. The topological polar surface area (TPSA) is 155 Å². The van der Waals surface area contributed by atoms with Crippen molar-refractivity contribution in [3.05, 3.63) is 58.7 Å². The number of carboxylic acid groups (broad SMARTS) is 1. The van der Waals surface area contributed by atoms with Crippen LogP contribution < -0.4 is 16.4 Å². The maximum Gasteiger partial charge on any atom is 0.418 e. The van der Waals surface area contributed by atoms with E-state index in [4.69, 9.17) is 5.73 Å². The number of nitrogens with one attached hydrogen (secondary N) is 2. The minimum Gasteiger partial charge on any atom is -0.465 e. The van der Waals surface area contributed by atoms with E-state index in [2.05, 4.69) is 15.5 Å². The number of fused-ring (bicyclic) bond motifs is 1. The number of rotatable bonds is 6. The molecule has 0 saturated carbocycles. The molecule has 3 fully saturated rings. The van der Waals surface area contributed by atoms with Gasteiger partial charge in [0.05, 0.1) is 16.8 Å². The van der Waals surface area contributed by atoms with Gasteiger partial charge in [-0.05, 0) is 61.4 Å². The number of nitrogen functional groups attached to an aromatic ring is 1. The van der Waals surface area contributed by atoms with Crippen molar-refractivity contribution >= 4 is 35.4 Å². The zero-order valence-electron chi connectivity index (χ0n) is 30.0. The van der Waals surface area contributed by atoms with E-state index in [1.54, 1.807) is 4.90 Å². The largest absolute Gasteiger partial charge is 0.465 e. The smallest absolute Gasteiger partial charge is 0.418 e. The lowest BCUT2D eigenvalue weighted by Gasteiger charge is -2.43. The van der Waals surface area contributed by atoms with Gasteiger partial charge >= 0.3 is 30.5 Å². The predicted octanol–water partition coefficient (Wildman–Crippen LogP) is 4.77. The van der Waals surface area contributed by atoms with Gasteiger partial charge in [-0.15, -0.1) is 0 Å². The highest BCUT2D eigenvalue weighted by molar-refractivity contribution is 5.91. The van der Waals surface area contributed by atoms with E-state index in [1.165, 1.54) is 14.7 Å². The number of carbonyl (C=O) groups is 4. The molecule has 1 unspecified atom stereocenters. The fourth-order valence-electron chi connectivity index (χ4n) is 8.04. The van der Waals surface area contributed by atoms with Crippen LogP contribution in [0.5, 0.6) is 0 Å². The second kappa shape index (κ2) is 16.0. The first-order chi connectivity index (χ1) is 26.0. The Balaban J connectivity index is 1.15. The summed E-state index contributed by atoms with van der Waals surface area (Å²) in [6.07, 6.45) is -9.66. The van der Waals surface area contributed by atoms with Crippen LogP contribution in [0.15, 0.2) is 36.4 Å². The Hall–Kier alpha value is -4.94. The number of anilines is 2. The number of alkyl halides is 6. The molecule has 0 aliphatic carbocycles. The van der Waals surface area contributed by atoms with Gasteiger partial charge < -0.3 is 41.1 Å². The van der Waals surface area contributed by atoms with Crippen LogP contribution in [0.1, 0.15) is 47.9 Å². The number of urea groups is 2. The van der Waals surface area contributed by atoms with Gasteiger partial charge in [-0.25, -0.2) is 14.4 Å². The molecule has 4 aliphatic heterocycles. The number of nitrogens with zero attached hydrogens (tertiary/aromatic N) is 5. The third kappa shape index (κ3) is 9.13. The molecular weight excluding hydrogens is 738 g/mol. The molecule has 0 aromatic heterocycles. The number of carbonyl (C=O) groups excluding carboxylic acids is 3. The Morgan fingerprint density at radius 2 is 1.36 bits per heavy atom. The van der Waals surface area contributed by atoms with Crippen LogP contribution in [-0.2, 0) is 30.0 Å². The normalized spacial score (nSPS) is 20.1. The van der Waals surface area contributed by atoms with Crippen LogP contribution >= 0.6 is 0 Å². The number of likely N-dealkylation sites (tertiary alicyclic amines) is 2. The van der Waals surface area contributed by atoms with E-state index in [9.17, 15) is 50.6 Å². The van der Waals surface area contributed by atoms with Gasteiger partial charge in [0.25, 0.3) is 0 Å². The molecule has 300 valence electrons. The van der Waals surface area contributed by atoms with Crippen molar-refractivity contribution in [1.29, 1.82) is 0 Å². The molecule has 4 heterocycles. The number of piperidine rings is 2.